The van der Waals surface area contributed by atoms with Crippen molar-refractivity contribution in [2.75, 3.05) is 31.6 Å². The van der Waals surface area contributed by atoms with Crippen molar-refractivity contribution >= 4 is 17.3 Å². The number of nitrogens with zero attached hydrogens (tertiary/aromatic N) is 1. The number of hydrogen-bond donors (Lipinski definition) is 2. The molecule has 0 spiro atoms. The number of hydrogen-bond acceptors (Lipinski definition) is 5. The van der Waals surface area contributed by atoms with Crippen molar-refractivity contribution in [2.45, 2.75) is 26.8 Å². The third-order valence-corrected chi connectivity index (χ3v) is 4.83. The predicted molar refractivity (Wildman–Crippen MR) is 109 cm³/mol. The van der Waals surface area contributed by atoms with Gasteiger partial charge in [-0.05, 0) is 43.7 Å². The van der Waals surface area contributed by atoms with E-state index in [4.69, 9.17) is 9.47 Å². The van der Waals surface area contributed by atoms with Crippen LogP contribution in [0.25, 0.3) is 0 Å². The van der Waals surface area contributed by atoms with E-state index in [0.29, 0.717) is 25.4 Å². The lowest BCUT2D eigenvalue weighted by Gasteiger charge is -2.26. The second-order valence-electron chi connectivity index (χ2n) is 6.89. The highest BCUT2D eigenvalue weighted by atomic mass is 16.6. The number of amides is 1. The number of fused-ring (bicyclic) bond motifs is 1. The molecule has 154 valence electrons. The van der Waals surface area contributed by atoms with Gasteiger partial charge in [0.25, 0.3) is 11.6 Å². The summed E-state index contributed by atoms with van der Waals surface area (Å²) in [6.45, 7) is 6.94. The van der Waals surface area contributed by atoms with Gasteiger partial charge in [0.1, 0.15) is 6.54 Å². The highest BCUT2D eigenvalue weighted by Crippen LogP contribution is 2.32. The van der Waals surface area contributed by atoms with Crippen LogP contribution >= 0.6 is 0 Å². The normalized spacial score (nSPS) is 15.3. The van der Waals surface area contributed by atoms with Crippen molar-refractivity contribution in [1.82, 2.24) is 0 Å². The zero-order chi connectivity index (χ0) is 20.8. The molecule has 2 aromatic carbocycles. The number of anilines is 1. The zero-order valence-corrected chi connectivity index (χ0v) is 16.7. The molecule has 0 saturated heterocycles. The van der Waals surface area contributed by atoms with Crippen LogP contribution in [0.2, 0.25) is 0 Å². The number of quaternary nitrogens is 1. The monoisotopic (exact) mass is 400 g/mol. The number of nitro benzene ring substituents is 1. The van der Waals surface area contributed by atoms with E-state index in [9.17, 15) is 14.9 Å². The minimum Gasteiger partial charge on any atom is -0.490 e. The second-order valence-corrected chi connectivity index (χ2v) is 6.89. The fourth-order valence-electron chi connectivity index (χ4n) is 3.50. The van der Waals surface area contributed by atoms with E-state index < -0.39 is 4.92 Å². The molecule has 0 radical (unpaired) electrons. The highest BCUT2D eigenvalue weighted by Gasteiger charge is 2.24. The molecule has 1 aliphatic heterocycles. The molecule has 0 aliphatic carbocycles. The molecule has 2 N–H and O–H groups in total. The van der Waals surface area contributed by atoms with Gasteiger partial charge in [-0.2, -0.15) is 0 Å². The summed E-state index contributed by atoms with van der Waals surface area (Å²) in [5, 5.41) is 13.5. The molecule has 0 bridgehead atoms. The molecule has 2 aromatic rings. The lowest BCUT2D eigenvalue weighted by atomic mass is 9.98. The maximum Gasteiger partial charge on any atom is 0.279 e. The molecule has 8 heteroatoms. The fraction of sp³-hybridized carbons (Fsp3) is 0.381. The maximum atomic E-state index is 12.4. The van der Waals surface area contributed by atoms with Crippen LogP contribution in [-0.4, -0.2) is 37.1 Å². The Kier molecular flexibility index (Phi) is 6.66. The van der Waals surface area contributed by atoms with E-state index in [-0.39, 0.29) is 11.6 Å². The molecule has 29 heavy (non-hydrogen) atoms. The first-order valence-electron chi connectivity index (χ1n) is 9.79. The van der Waals surface area contributed by atoms with E-state index in [1.165, 1.54) is 23.3 Å². The average Bonchev–Trinajstić information content (AvgIpc) is 2.69. The molecule has 0 aromatic heterocycles. The van der Waals surface area contributed by atoms with Gasteiger partial charge in [0.15, 0.2) is 18.0 Å². The Morgan fingerprint density at radius 3 is 2.31 bits per heavy atom. The average molecular weight is 400 g/mol. The van der Waals surface area contributed by atoms with Gasteiger partial charge in [-0.1, -0.05) is 0 Å². The number of benzene rings is 2. The van der Waals surface area contributed by atoms with Gasteiger partial charge in [-0.15, -0.1) is 0 Å². The summed E-state index contributed by atoms with van der Waals surface area (Å²) in [6, 6.07) is 9.92. The van der Waals surface area contributed by atoms with Crippen LogP contribution in [0.3, 0.4) is 0 Å². The number of carbonyl (C=O) groups is 1. The third-order valence-electron chi connectivity index (χ3n) is 4.83. The van der Waals surface area contributed by atoms with E-state index in [0.717, 1.165) is 35.9 Å². The van der Waals surface area contributed by atoms with E-state index in [1.807, 2.05) is 19.9 Å². The van der Waals surface area contributed by atoms with Gasteiger partial charge in [-0.3, -0.25) is 14.9 Å². The molecule has 1 atom stereocenters. The summed E-state index contributed by atoms with van der Waals surface area (Å²) in [7, 11) is 0. The number of rotatable bonds is 8. The second kappa shape index (κ2) is 9.38. The Hall–Kier alpha value is -3.13. The van der Waals surface area contributed by atoms with E-state index in [2.05, 4.69) is 11.4 Å². The van der Waals surface area contributed by atoms with Gasteiger partial charge in [0.05, 0.1) is 24.7 Å². The SMILES string of the molecule is CCOc1cc2c(cc1OCC)C[NH+](CC(=O)Nc1ccc([N+](=O)[O-])cc1)CC2. The number of nitrogens with one attached hydrogen (secondary N) is 2. The van der Waals surface area contributed by atoms with Gasteiger partial charge >= 0.3 is 0 Å². The minimum absolute atomic E-state index is 0.00205. The molecular formula is C21H26N3O5+. The van der Waals surface area contributed by atoms with Crippen LogP contribution in [0.5, 0.6) is 11.5 Å². The first kappa shape index (κ1) is 20.6. The Labute approximate surface area is 169 Å². The van der Waals surface area contributed by atoms with Gasteiger partial charge in [0.2, 0.25) is 0 Å². The summed E-state index contributed by atoms with van der Waals surface area (Å²) in [5.41, 5.74) is 2.95. The standard InChI is InChI=1S/C21H25N3O5/c1-3-28-19-11-15-9-10-23(13-16(15)12-20(19)29-4-2)14-21(25)22-17-5-7-18(8-6-17)24(26)27/h5-8,11-12H,3-4,9-10,13-14H2,1-2H3,(H,22,25)/p+1. The molecule has 8 nitrogen and oxygen atoms in total. The van der Waals surface area contributed by atoms with Crippen molar-refractivity contribution in [1.29, 1.82) is 0 Å². The fourth-order valence-corrected chi connectivity index (χ4v) is 3.50. The first-order chi connectivity index (χ1) is 14.0. The number of carbonyl (C=O) groups excluding carboxylic acids is 1. The summed E-state index contributed by atoms with van der Waals surface area (Å²) in [5.74, 6) is 1.39. The Morgan fingerprint density at radius 2 is 1.72 bits per heavy atom. The van der Waals surface area contributed by atoms with Crippen LogP contribution in [0, 0.1) is 10.1 Å². The molecule has 3 rings (SSSR count). The van der Waals surface area contributed by atoms with E-state index in [1.54, 1.807) is 12.1 Å². The highest BCUT2D eigenvalue weighted by molar-refractivity contribution is 5.91. The molecule has 0 fully saturated rings. The largest absolute Gasteiger partial charge is 0.490 e. The Morgan fingerprint density at radius 1 is 1.10 bits per heavy atom. The van der Waals surface area contributed by atoms with Crippen LogP contribution in [0.1, 0.15) is 25.0 Å². The molecule has 1 heterocycles. The van der Waals surface area contributed by atoms with Gasteiger partial charge in [-0.25, -0.2) is 0 Å². The third kappa shape index (κ3) is 5.23. The van der Waals surface area contributed by atoms with Gasteiger partial charge < -0.3 is 19.7 Å². The quantitative estimate of drug-likeness (QED) is 0.522. The van der Waals surface area contributed by atoms with Crippen LogP contribution < -0.4 is 19.7 Å². The molecule has 1 aliphatic rings. The molecule has 1 unspecified atom stereocenters. The summed E-state index contributed by atoms with van der Waals surface area (Å²) in [4.78, 5) is 23.8. The molecule has 1 amide bonds. The lowest BCUT2D eigenvalue weighted by Crippen LogP contribution is -3.12. The molecular weight excluding hydrogens is 374 g/mol. The number of nitro groups is 1. The molecule has 0 saturated carbocycles. The topological polar surface area (TPSA) is 95.1 Å². The predicted octanol–water partition coefficient (Wildman–Crippen LogP) is 1.97. The van der Waals surface area contributed by atoms with Crippen LogP contribution in [0.4, 0.5) is 11.4 Å². The summed E-state index contributed by atoms with van der Waals surface area (Å²) in [6.07, 6.45) is 0.863. The summed E-state index contributed by atoms with van der Waals surface area (Å²) >= 11 is 0. The first-order valence-corrected chi connectivity index (χ1v) is 9.79. The Bertz CT molecular complexity index is 883. The van der Waals surface area contributed by atoms with Crippen molar-refractivity contribution < 1.29 is 24.1 Å². The lowest BCUT2D eigenvalue weighted by molar-refractivity contribution is -0.907. The minimum atomic E-state index is -0.464. The van der Waals surface area contributed by atoms with Crippen LogP contribution in [-0.2, 0) is 17.8 Å². The van der Waals surface area contributed by atoms with Crippen molar-refractivity contribution in [3.63, 3.8) is 0 Å². The van der Waals surface area contributed by atoms with Crippen LogP contribution in [0.15, 0.2) is 36.4 Å². The number of non-ortho nitro benzene ring substituents is 1. The van der Waals surface area contributed by atoms with Gasteiger partial charge in [0, 0.05) is 29.8 Å². The zero-order valence-electron chi connectivity index (χ0n) is 16.7. The summed E-state index contributed by atoms with van der Waals surface area (Å²) < 4.78 is 11.4. The Balaban J connectivity index is 1.63. The van der Waals surface area contributed by atoms with Crippen molar-refractivity contribution in [2.24, 2.45) is 0 Å². The maximum absolute atomic E-state index is 12.4. The van der Waals surface area contributed by atoms with Crippen molar-refractivity contribution in [3.8, 4) is 11.5 Å². The van der Waals surface area contributed by atoms with Crippen molar-refractivity contribution in [3.05, 3.63) is 57.6 Å². The number of ether oxygens (including phenoxy) is 2. The smallest absolute Gasteiger partial charge is 0.279 e. The van der Waals surface area contributed by atoms with E-state index >= 15 is 0 Å².